The fourth-order valence-corrected chi connectivity index (χ4v) is 7.78. The van der Waals surface area contributed by atoms with Crippen LogP contribution in [0, 0.1) is 11.3 Å². The normalized spacial score (nSPS) is 13.5. The largest absolute Gasteiger partial charge is 0.252 e. The summed E-state index contributed by atoms with van der Waals surface area (Å²) in [5, 5.41) is 19.9. The summed E-state index contributed by atoms with van der Waals surface area (Å²) in [6.07, 6.45) is 11.0. The number of benzene rings is 7. The van der Waals surface area contributed by atoms with Crippen molar-refractivity contribution in [2.24, 2.45) is 0 Å². The van der Waals surface area contributed by atoms with Crippen molar-refractivity contribution >= 4 is 54.7 Å². The number of aromatic nitrogens is 1. The van der Waals surface area contributed by atoms with Gasteiger partial charge in [0.25, 0.3) is 0 Å². The molecule has 0 spiro atoms. The maximum Gasteiger partial charge on any atom is 0.0998 e. The molecule has 0 amide bonds. The monoisotopic (exact) mass is 648 g/mol. The molecule has 7 aromatic carbocycles. The van der Waals surface area contributed by atoms with Crippen LogP contribution in [0.5, 0.6) is 0 Å². The van der Waals surface area contributed by atoms with E-state index in [2.05, 4.69) is 146 Å². The summed E-state index contributed by atoms with van der Waals surface area (Å²) in [7, 11) is 0. The summed E-state index contributed by atoms with van der Waals surface area (Å²) < 4.78 is 0. The molecular weight excluding hydrogens is 617 g/mol. The summed E-state index contributed by atoms with van der Waals surface area (Å²) in [6.45, 7) is 3.92. The van der Waals surface area contributed by atoms with E-state index in [4.69, 9.17) is 4.98 Å². The molecule has 2 heteroatoms. The number of fused-ring (bicyclic) bond motifs is 7. The molecule has 0 aliphatic heterocycles. The molecule has 9 rings (SSSR count). The van der Waals surface area contributed by atoms with Gasteiger partial charge in [-0.05, 0) is 101 Å². The van der Waals surface area contributed by atoms with Crippen molar-refractivity contribution in [1.82, 2.24) is 4.98 Å². The van der Waals surface area contributed by atoms with Crippen LogP contribution in [0.3, 0.4) is 0 Å². The third kappa shape index (κ3) is 5.16. The van der Waals surface area contributed by atoms with E-state index in [-0.39, 0.29) is 0 Å². The summed E-state index contributed by atoms with van der Waals surface area (Å²) in [5.74, 6) is 0. The fraction of sp³-hybridized carbons (Fsp3) is 0.0204. The quantitative estimate of drug-likeness (QED) is 0.138. The van der Waals surface area contributed by atoms with Crippen LogP contribution in [0.15, 0.2) is 176 Å². The number of allylic oxidation sites excluding steroid dienone is 6. The van der Waals surface area contributed by atoms with Crippen LogP contribution in [0.4, 0.5) is 0 Å². The maximum atomic E-state index is 10.1. The Labute approximate surface area is 297 Å². The van der Waals surface area contributed by atoms with E-state index in [9.17, 15) is 5.26 Å². The molecule has 1 aromatic heterocycles. The molecule has 0 saturated carbocycles. The minimum absolute atomic E-state index is 0.610. The van der Waals surface area contributed by atoms with Crippen molar-refractivity contribution in [3.63, 3.8) is 0 Å². The molecule has 0 N–H and O–H groups in total. The molecule has 0 fully saturated rings. The van der Waals surface area contributed by atoms with Crippen molar-refractivity contribution in [3.05, 3.63) is 198 Å². The highest BCUT2D eigenvalue weighted by molar-refractivity contribution is 6.17. The highest BCUT2D eigenvalue weighted by Gasteiger charge is 2.25. The van der Waals surface area contributed by atoms with Gasteiger partial charge in [-0.3, -0.25) is 4.98 Å². The van der Waals surface area contributed by atoms with E-state index in [1.807, 2.05) is 30.3 Å². The van der Waals surface area contributed by atoms with Crippen molar-refractivity contribution < 1.29 is 0 Å². The van der Waals surface area contributed by atoms with E-state index < -0.39 is 0 Å². The molecule has 0 radical (unpaired) electrons. The van der Waals surface area contributed by atoms with E-state index in [1.54, 1.807) is 6.08 Å². The number of pyridine rings is 1. The Hall–Kier alpha value is -6.82. The fourth-order valence-electron chi connectivity index (χ4n) is 7.78. The van der Waals surface area contributed by atoms with E-state index in [1.165, 1.54) is 59.8 Å². The Kier molecular flexibility index (Phi) is 7.46. The van der Waals surface area contributed by atoms with E-state index >= 15 is 0 Å². The molecular formula is C49H32N2. The molecule has 0 atom stereocenters. The number of hydrogen-bond donors (Lipinski definition) is 0. The van der Waals surface area contributed by atoms with Crippen molar-refractivity contribution in [1.29, 1.82) is 5.26 Å². The standard InChI is InChI=1S/C49H32N2/c1-2-3-4-15-34-28-48-47(29-43(34)44-26-32-16-5-8-19-36(32)39-22-11-13-24-41(39)44)46(30-49(51-48)38-21-10-7-18-35(38)31-50)45-27-33-17-6-9-20-37(33)40-23-12-14-25-42(40)45/h2-27,29-30H,1,28H2/b4-3-,34-15+. The molecule has 51 heavy (non-hydrogen) atoms. The van der Waals surface area contributed by atoms with Gasteiger partial charge in [-0.2, -0.15) is 5.26 Å². The zero-order valence-electron chi connectivity index (χ0n) is 28.0. The summed E-state index contributed by atoms with van der Waals surface area (Å²) >= 11 is 0. The summed E-state index contributed by atoms with van der Waals surface area (Å²) in [5.41, 5.74) is 10.1. The molecule has 1 aliphatic carbocycles. The molecule has 0 bridgehead atoms. The lowest BCUT2D eigenvalue weighted by Crippen LogP contribution is -2.09. The number of nitriles is 1. The van der Waals surface area contributed by atoms with Gasteiger partial charge in [-0.15, -0.1) is 0 Å². The highest BCUT2D eigenvalue weighted by Crippen LogP contribution is 2.45. The molecule has 0 saturated heterocycles. The average Bonchev–Trinajstić information content (AvgIpc) is 3.19. The Balaban J connectivity index is 1.40. The van der Waals surface area contributed by atoms with Crippen molar-refractivity contribution in [3.8, 4) is 28.5 Å². The van der Waals surface area contributed by atoms with Crippen LogP contribution in [-0.2, 0) is 6.42 Å². The zero-order valence-corrected chi connectivity index (χ0v) is 28.0. The van der Waals surface area contributed by atoms with Crippen LogP contribution in [0.1, 0.15) is 22.4 Å². The average molecular weight is 649 g/mol. The van der Waals surface area contributed by atoms with Gasteiger partial charge < -0.3 is 0 Å². The predicted octanol–water partition coefficient (Wildman–Crippen LogP) is 12.7. The van der Waals surface area contributed by atoms with Gasteiger partial charge in [0.15, 0.2) is 0 Å². The Bertz CT molecular complexity index is 2860. The minimum atomic E-state index is 0.610. The van der Waals surface area contributed by atoms with Gasteiger partial charge in [0, 0.05) is 17.5 Å². The minimum Gasteiger partial charge on any atom is -0.252 e. The molecule has 1 heterocycles. The first-order valence-electron chi connectivity index (χ1n) is 17.3. The molecule has 1 aliphatic rings. The maximum absolute atomic E-state index is 10.1. The smallest absolute Gasteiger partial charge is 0.0998 e. The van der Waals surface area contributed by atoms with Crippen LogP contribution in [-0.4, -0.2) is 4.98 Å². The SMILES string of the molecule is C=C/C=C\C=C1/Cc2nc(-c3ccccc3C#N)cc(-c3cc4ccccc4c4ccccc34)c2C=C1c1cc2ccccc2c2ccccc12. The summed E-state index contributed by atoms with van der Waals surface area (Å²) in [6, 6.07) is 51.7. The number of hydrogen-bond acceptors (Lipinski definition) is 2. The van der Waals surface area contributed by atoms with Crippen LogP contribution >= 0.6 is 0 Å². The van der Waals surface area contributed by atoms with Gasteiger partial charge in [0.05, 0.1) is 23.0 Å². The molecule has 8 aromatic rings. The highest BCUT2D eigenvalue weighted by atomic mass is 14.7. The molecule has 2 nitrogen and oxygen atoms in total. The third-order valence-electron chi connectivity index (χ3n) is 10.1. The van der Waals surface area contributed by atoms with E-state index in [0.717, 1.165) is 33.6 Å². The third-order valence-corrected chi connectivity index (χ3v) is 10.1. The Morgan fingerprint density at radius 1 is 0.569 bits per heavy atom. The van der Waals surface area contributed by atoms with Crippen LogP contribution < -0.4 is 0 Å². The Morgan fingerprint density at radius 3 is 1.80 bits per heavy atom. The van der Waals surface area contributed by atoms with Gasteiger partial charge in [0.2, 0.25) is 0 Å². The molecule has 0 unspecified atom stereocenters. The number of rotatable bonds is 5. The van der Waals surface area contributed by atoms with Crippen LogP contribution in [0.2, 0.25) is 0 Å². The second-order valence-corrected chi connectivity index (χ2v) is 13.0. The van der Waals surface area contributed by atoms with Gasteiger partial charge in [-0.1, -0.05) is 146 Å². The lowest BCUT2D eigenvalue weighted by molar-refractivity contribution is 1.07. The first-order chi connectivity index (χ1) is 25.2. The van der Waals surface area contributed by atoms with Crippen molar-refractivity contribution in [2.45, 2.75) is 6.42 Å². The Morgan fingerprint density at radius 2 is 1.14 bits per heavy atom. The topological polar surface area (TPSA) is 36.7 Å². The van der Waals surface area contributed by atoms with Crippen LogP contribution in [0.25, 0.3) is 77.1 Å². The molecule has 238 valence electrons. The predicted molar refractivity (Wildman–Crippen MR) is 215 cm³/mol. The van der Waals surface area contributed by atoms with Crippen molar-refractivity contribution in [2.75, 3.05) is 0 Å². The first kappa shape index (κ1) is 30.3. The van der Waals surface area contributed by atoms with E-state index in [0.29, 0.717) is 12.0 Å². The lowest BCUT2D eigenvalue weighted by Gasteiger charge is -2.25. The van der Waals surface area contributed by atoms with Gasteiger partial charge >= 0.3 is 0 Å². The lowest BCUT2D eigenvalue weighted by atomic mass is 9.80. The summed E-state index contributed by atoms with van der Waals surface area (Å²) in [4.78, 5) is 5.36. The van der Waals surface area contributed by atoms with Gasteiger partial charge in [0.1, 0.15) is 0 Å². The zero-order chi connectivity index (χ0) is 34.3. The van der Waals surface area contributed by atoms with Gasteiger partial charge in [-0.25, -0.2) is 0 Å². The second-order valence-electron chi connectivity index (χ2n) is 13.0. The number of nitrogens with zero attached hydrogens (tertiary/aromatic N) is 2. The first-order valence-corrected chi connectivity index (χ1v) is 17.3. The second kappa shape index (κ2) is 12.6.